The van der Waals surface area contributed by atoms with Gasteiger partial charge in [-0.15, -0.1) is 0 Å². The molecule has 4 aliphatic rings. The fourth-order valence-electron chi connectivity index (χ4n) is 7.78. The van der Waals surface area contributed by atoms with Crippen LogP contribution in [0.25, 0.3) is 0 Å². The summed E-state index contributed by atoms with van der Waals surface area (Å²) in [5.74, 6) is 0.199. The summed E-state index contributed by atoms with van der Waals surface area (Å²) in [6.07, 6.45) is 4.82. The molecule has 0 spiro atoms. The molecule has 0 radical (unpaired) electrons. The number of ether oxygens (including phenoxy) is 2. The number of piperazine rings is 1. The third-order valence-corrected chi connectivity index (χ3v) is 11.4. The lowest BCUT2D eigenvalue weighted by molar-refractivity contribution is -0.145. The molecule has 0 unspecified atom stereocenters. The quantitative estimate of drug-likeness (QED) is 0.361. The zero-order valence-electron chi connectivity index (χ0n) is 31.3. The van der Waals surface area contributed by atoms with Gasteiger partial charge in [0.2, 0.25) is 5.91 Å². The number of phenolic OH excluding ortho intramolecular Hbond substituents is 1. The minimum Gasteiger partial charge on any atom is -0.507 e. The van der Waals surface area contributed by atoms with Crippen LogP contribution in [0.5, 0.6) is 5.75 Å². The van der Waals surface area contributed by atoms with Gasteiger partial charge in [0.05, 0.1) is 24.7 Å². The molecule has 53 heavy (non-hydrogen) atoms. The van der Waals surface area contributed by atoms with Gasteiger partial charge in [-0.25, -0.2) is 9.59 Å². The van der Waals surface area contributed by atoms with Gasteiger partial charge < -0.3 is 34.6 Å². The van der Waals surface area contributed by atoms with Crippen LogP contribution in [0.2, 0.25) is 0 Å². The third kappa shape index (κ3) is 11.1. The number of methoxy groups -OCH3 is 1. The van der Waals surface area contributed by atoms with E-state index in [9.17, 15) is 24.3 Å². The summed E-state index contributed by atoms with van der Waals surface area (Å²) in [6, 6.07) is 14.0. The largest absolute Gasteiger partial charge is 0.507 e. The number of hydrogen-bond acceptors (Lipinski definition) is 9. The molecule has 290 valence electrons. The minimum absolute atomic E-state index is 0.0403. The number of piperidine rings is 2. The molecule has 4 heterocycles. The fourth-order valence-corrected chi connectivity index (χ4v) is 8.21. The minimum atomic E-state index is -0.286. The molecule has 0 bridgehead atoms. The summed E-state index contributed by atoms with van der Waals surface area (Å²) in [5.41, 5.74) is 3.12. The molecule has 3 saturated heterocycles. The van der Waals surface area contributed by atoms with Crippen molar-refractivity contribution in [2.75, 3.05) is 84.5 Å². The number of para-hydroxylation sites is 1. The van der Waals surface area contributed by atoms with E-state index in [4.69, 9.17) is 9.47 Å². The van der Waals surface area contributed by atoms with Crippen LogP contribution in [0.15, 0.2) is 46.9 Å². The van der Waals surface area contributed by atoms with Gasteiger partial charge in [0.1, 0.15) is 5.75 Å². The molecular weight excluding hydrogens is 744 g/mol. The molecule has 2 aromatic carbocycles. The number of carbonyl (C=O) groups is 4. The maximum atomic E-state index is 12.9. The number of urea groups is 1. The number of aromatic hydroxyl groups is 1. The number of halogens is 1. The van der Waals surface area contributed by atoms with Crippen LogP contribution < -0.4 is 5.32 Å². The molecule has 6 rings (SSSR count). The van der Waals surface area contributed by atoms with Crippen LogP contribution in [-0.2, 0) is 31.9 Å². The van der Waals surface area contributed by atoms with Gasteiger partial charge in [0, 0.05) is 82.6 Å². The number of amides is 4. The number of anilines is 1. The first kappa shape index (κ1) is 40.3. The van der Waals surface area contributed by atoms with E-state index in [1.54, 1.807) is 11.0 Å². The average Bonchev–Trinajstić information content (AvgIpc) is 3.34. The SMILES string of the molecule is CCOC(=O)CN1CCN(C2CCN(C(=O)[C@H](C)Cc3ccc(O)c(Br)c3)CC2)CC1.COC(=O)N1CCC(N2CCc3ccccc3NC2=O)CC1. The Kier molecular flexibility index (Phi) is 14.8. The molecule has 4 amide bonds. The number of rotatable bonds is 8. The van der Waals surface area contributed by atoms with E-state index in [1.807, 2.05) is 54.0 Å². The van der Waals surface area contributed by atoms with Gasteiger partial charge in [-0.05, 0) is 90.7 Å². The maximum Gasteiger partial charge on any atom is 0.409 e. The summed E-state index contributed by atoms with van der Waals surface area (Å²) >= 11 is 3.34. The maximum absolute atomic E-state index is 12.9. The van der Waals surface area contributed by atoms with E-state index in [0.717, 1.165) is 82.6 Å². The van der Waals surface area contributed by atoms with Crippen LogP contribution in [-0.4, -0.2) is 145 Å². The van der Waals surface area contributed by atoms with Gasteiger partial charge in [0.15, 0.2) is 0 Å². The predicted molar refractivity (Wildman–Crippen MR) is 206 cm³/mol. The molecule has 3 fully saturated rings. The molecule has 14 heteroatoms. The van der Waals surface area contributed by atoms with E-state index < -0.39 is 0 Å². The van der Waals surface area contributed by atoms with Gasteiger partial charge >= 0.3 is 18.1 Å². The Balaban J connectivity index is 0.000000216. The van der Waals surface area contributed by atoms with Crippen LogP contribution in [0, 0.1) is 5.92 Å². The first-order chi connectivity index (χ1) is 25.6. The van der Waals surface area contributed by atoms with E-state index >= 15 is 0 Å². The smallest absolute Gasteiger partial charge is 0.409 e. The number of nitrogens with one attached hydrogen (secondary N) is 1. The summed E-state index contributed by atoms with van der Waals surface area (Å²) in [6.45, 7) is 11.9. The third-order valence-electron chi connectivity index (χ3n) is 10.8. The molecule has 13 nitrogen and oxygen atoms in total. The zero-order valence-corrected chi connectivity index (χ0v) is 32.9. The van der Waals surface area contributed by atoms with Crippen molar-refractivity contribution in [2.45, 2.75) is 64.5 Å². The van der Waals surface area contributed by atoms with Crippen molar-refractivity contribution in [1.82, 2.24) is 24.5 Å². The molecule has 0 aliphatic carbocycles. The number of fused-ring (bicyclic) bond motifs is 1. The van der Waals surface area contributed by atoms with E-state index in [-0.39, 0.29) is 41.7 Å². The van der Waals surface area contributed by atoms with Crippen molar-refractivity contribution < 1.29 is 33.8 Å². The molecular formula is C39H55BrN6O7. The highest BCUT2D eigenvalue weighted by Gasteiger charge is 2.33. The molecule has 4 aliphatic heterocycles. The second-order valence-corrected chi connectivity index (χ2v) is 15.1. The van der Waals surface area contributed by atoms with Crippen molar-refractivity contribution in [2.24, 2.45) is 5.92 Å². The second-order valence-electron chi connectivity index (χ2n) is 14.3. The molecule has 2 aromatic rings. The standard InChI is InChI=1S/C23H34BrN3O4.C16H21N3O3/c1-3-31-22(29)16-25-10-12-26(13-11-25)19-6-8-27(9-7-19)23(30)17(2)14-18-4-5-21(28)20(24)15-18;1-22-16(21)18-9-7-13(8-10-18)19-11-6-12-4-2-3-5-14(12)17-15(19)20/h4-5,15,17,19,28H,3,6-14,16H2,1-2H3;2-5,13H,6-11H2,1H3,(H,17,20)/t17-;/m1./s1. The highest BCUT2D eigenvalue weighted by molar-refractivity contribution is 9.10. The van der Waals surface area contributed by atoms with Crippen LogP contribution in [0.1, 0.15) is 50.7 Å². The van der Waals surface area contributed by atoms with Gasteiger partial charge in [-0.3, -0.25) is 19.4 Å². The van der Waals surface area contributed by atoms with Crippen LogP contribution in [0.4, 0.5) is 15.3 Å². The van der Waals surface area contributed by atoms with Crippen molar-refractivity contribution in [3.8, 4) is 5.75 Å². The zero-order chi connectivity index (χ0) is 37.9. The van der Waals surface area contributed by atoms with E-state index in [2.05, 4.69) is 37.1 Å². The highest BCUT2D eigenvalue weighted by atomic mass is 79.9. The summed E-state index contributed by atoms with van der Waals surface area (Å²) in [4.78, 5) is 58.9. The second kappa shape index (κ2) is 19.4. The number of carbonyl (C=O) groups excluding carboxylic acids is 4. The predicted octanol–water partition coefficient (Wildman–Crippen LogP) is 4.81. The van der Waals surface area contributed by atoms with Crippen molar-refractivity contribution >= 4 is 45.6 Å². The topological polar surface area (TPSA) is 135 Å². The molecule has 2 N–H and O–H groups in total. The fraction of sp³-hybridized carbons (Fsp3) is 0.590. The Labute approximate surface area is 321 Å². The lowest BCUT2D eigenvalue weighted by Gasteiger charge is -2.43. The number of esters is 1. The average molecular weight is 800 g/mol. The number of benzene rings is 2. The monoisotopic (exact) mass is 798 g/mol. The number of hydrogen-bond donors (Lipinski definition) is 2. The lowest BCUT2D eigenvalue weighted by Crippen LogP contribution is -2.54. The van der Waals surface area contributed by atoms with Crippen molar-refractivity contribution in [1.29, 1.82) is 0 Å². The molecule has 1 atom stereocenters. The first-order valence-electron chi connectivity index (χ1n) is 18.9. The highest BCUT2D eigenvalue weighted by Crippen LogP contribution is 2.27. The van der Waals surface area contributed by atoms with Crippen molar-refractivity contribution in [3.63, 3.8) is 0 Å². The van der Waals surface area contributed by atoms with Crippen LogP contribution in [0.3, 0.4) is 0 Å². The van der Waals surface area contributed by atoms with Gasteiger partial charge in [-0.1, -0.05) is 31.2 Å². The lowest BCUT2D eigenvalue weighted by atomic mass is 9.97. The summed E-state index contributed by atoms with van der Waals surface area (Å²) in [5, 5.41) is 12.6. The first-order valence-corrected chi connectivity index (χ1v) is 19.7. The number of nitrogens with zero attached hydrogens (tertiary/aromatic N) is 5. The molecule has 0 saturated carbocycles. The Morgan fingerprint density at radius 2 is 1.57 bits per heavy atom. The molecule has 0 aromatic heterocycles. The van der Waals surface area contributed by atoms with E-state index in [1.165, 1.54) is 12.7 Å². The Morgan fingerprint density at radius 1 is 0.906 bits per heavy atom. The number of likely N-dealkylation sites (tertiary alicyclic amines) is 2. The Hall–Kier alpha value is -3.88. The Morgan fingerprint density at radius 3 is 2.23 bits per heavy atom. The van der Waals surface area contributed by atoms with Gasteiger partial charge in [0.25, 0.3) is 0 Å². The Bertz CT molecular complexity index is 1550. The summed E-state index contributed by atoms with van der Waals surface area (Å²) in [7, 11) is 1.40. The summed E-state index contributed by atoms with van der Waals surface area (Å²) < 4.78 is 10.5. The van der Waals surface area contributed by atoms with Gasteiger partial charge in [-0.2, -0.15) is 0 Å². The normalized spacial score (nSPS) is 19.6. The van der Waals surface area contributed by atoms with Crippen molar-refractivity contribution in [3.05, 3.63) is 58.1 Å². The number of phenols is 1. The van der Waals surface area contributed by atoms with E-state index in [0.29, 0.717) is 49.7 Å². The van der Waals surface area contributed by atoms with Crippen LogP contribution >= 0.6 is 15.9 Å².